The van der Waals surface area contributed by atoms with E-state index in [0.717, 1.165) is 55.4 Å². The molecule has 0 bridgehead atoms. The van der Waals surface area contributed by atoms with E-state index < -0.39 is 0 Å². The summed E-state index contributed by atoms with van der Waals surface area (Å²) in [5, 5.41) is 6.51. The molecule has 1 amide bonds. The molecule has 0 spiro atoms. The van der Waals surface area contributed by atoms with Gasteiger partial charge in [0.2, 0.25) is 5.91 Å². The Hall–Kier alpha value is -2.43. The van der Waals surface area contributed by atoms with Crippen molar-refractivity contribution in [2.24, 2.45) is 4.99 Å². The van der Waals surface area contributed by atoms with Crippen LogP contribution >= 0.6 is 24.0 Å². The Morgan fingerprint density at radius 3 is 2.53 bits per heavy atom. The van der Waals surface area contributed by atoms with E-state index in [9.17, 15) is 4.79 Å². The summed E-state index contributed by atoms with van der Waals surface area (Å²) in [6.45, 7) is 2.75. The highest BCUT2D eigenvalue weighted by atomic mass is 127. The van der Waals surface area contributed by atoms with Gasteiger partial charge in [-0.3, -0.25) is 9.79 Å². The first kappa shape index (κ1) is 25.8. The summed E-state index contributed by atoms with van der Waals surface area (Å²) >= 11 is 0. The molecule has 32 heavy (non-hydrogen) atoms. The third-order valence-corrected chi connectivity index (χ3v) is 5.40. The molecule has 0 fully saturated rings. The number of nitrogens with one attached hydrogen (secondary N) is 2. The minimum atomic E-state index is 0. The van der Waals surface area contributed by atoms with E-state index in [-0.39, 0.29) is 29.9 Å². The van der Waals surface area contributed by atoms with Crippen LogP contribution in [0.1, 0.15) is 29.7 Å². The molecule has 0 aliphatic carbocycles. The van der Waals surface area contributed by atoms with Crippen molar-refractivity contribution in [2.75, 3.05) is 40.9 Å². The summed E-state index contributed by atoms with van der Waals surface area (Å²) in [6, 6.07) is 7.83. The van der Waals surface area contributed by atoms with Crippen LogP contribution in [0.15, 0.2) is 39.9 Å². The van der Waals surface area contributed by atoms with Gasteiger partial charge in [-0.05, 0) is 48.2 Å². The molecule has 0 unspecified atom stereocenters. The molecule has 1 aromatic carbocycles. The molecule has 2 aromatic rings. The van der Waals surface area contributed by atoms with Crippen molar-refractivity contribution < 1.29 is 18.7 Å². The molecule has 176 valence electrons. The number of carbonyl (C=O) groups is 1. The van der Waals surface area contributed by atoms with Crippen molar-refractivity contribution in [3.63, 3.8) is 0 Å². The third-order valence-electron chi connectivity index (χ3n) is 5.40. The first-order valence-corrected chi connectivity index (χ1v) is 10.6. The molecule has 1 aliphatic heterocycles. The van der Waals surface area contributed by atoms with E-state index in [0.29, 0.717) is 25.3 Å². The highest BCUT2D eigenvalue weighted by Gasteiger charge is 2.22. The predicted octanol–water partition coefficient (Wildman–Crippen LogP) is 2.99. The monoisotopic (exact) mass is 556 g/mol. The van der Waals surface area contributed by atoms with Gasteiger partial charge in [0.1, 0.15) is 5.76 Å². The van der Waals surface area contributed by atoms with Gasteiger partial charge in [-0.2, -0.15) is 0 Å². The smallest absolute Gasteiger partial charge is 0.222 e. The first-order valence-electron chi connectivity index (χ1n) is 10.6. The van der Waals surface area contributed by atoms with Crippen LogP contribution in [0.3, 0.4) is 0 Å². The fourth-order valence-corrected chi connectivity index (χ4v) is 3.68. The Balaban J connectivity index is 0.00000363. The lowest BCUT2D eigenvalue weighted by Gasteiger charge is -2.29. The molecule has 1 aliphatic rings. The van der Waals surface area contributed by atoms with Gasteiger partial charge in [0.15, 0.2) is 17.5 Å². The van der Waals surface area contributed by atoms with Gasteiger partial charge < -0.3 is 29.4 Å². The number of ether oxygens (including phenoxy) is 2. The Morgan fingerprint density at radius 2 is 1.88 bits per heavy atom. The van der Waals surface area contributed by atoms with Crippen LogP contribution in [0.4, 0.5) is 0 Å². The summed E-state index contributed by atoms with van der Waals surface area (Å²) in [7, 11) is 5.00. The second kappa shape index (κ2) is 13.2. The zero-order valence-corrected chi connectivity index (χ0v) is 21.3. The number of hydrogen-bond donors (Lipinski definition) is 2. The highest BCUT2D eigenvalue weighted by molar-refractivity contribution is 14.0. The Bertz CT molecular complexity index is 886. The maximum Gasteiger partial charge on any atom is 0.222 e. The second-order valence-corrected chi connectivity index (χ2v) is 7.40. The fourth-order valence-electron chi connectivity index (χ4n) is 3.68. The average molecular weight is 556 g/mol. The van der Waals surface area contributed by atoms with Gasteiger partial charge in [-0.15, -0.1) is 24.0 Å². The summed E-state index contributed by atoms with van der Waals surface area (Å²) < 4.78 is 16.1. The van der Waals surface area contributed by atoms with Gasteiger partial charge >= 0.3 is 0 Å². The Morgan fingerprint density at radius 1 is 1.16 bits per heavy atom. The zero-order chi connectivity index (χ0) is 22.1. The lowest BCUT2D eigenvalue weighted by atomic mass is 9.98. The molecule has 2 N–H and O–H groups in total. The van der Waals surface area contributed by atoms with Gasteiger partial charge in [0, 0.05) is 46.1 Å². The first-order chi connectivity index (χ1) is 15.1. The van der Waals surface area contributed by atoms with Crippen molar-refractivity contribution in [1.29, 1.82) is 0 Å². The molecule has 0 radical (unpaired) electrons. The van der Waals surface area contributed by atoms with Crippen molar-refractivity contribution in [2.45, 2.75) is 32.2 Å². The van der Waals surface area contributed by atoms with E-state index >= 15 is 0 Å². The van der Waals surface area contributed by atoms with Gasteiger partial charge in [-0.1, -0.05) is 0 Å². The normalized spacial score (nSPS) is 13.1. The standard InChI is InChI=1S/C23H32N4O4.HI/c1-24-23(26-11-8-19-6-5-13-31-19)25-10-4-7-22(28)27-12-9-17-14-20(29-2)21(30-3)15-18(17)16-27;/h5-6,13-15H,4,7-12,16H2,1-3H3,(H2,24,25,26);1H. The number of benzene rings is 1. The number of halogens is 1. The van der Waals surface area contributed by atoms with E-state index in [1.54, 1.807) is 27.5 Å². The number of rotatable bonds is 9. The van der Waals surface area contributed by atoms with Crippen LogP contribution in [0.5, 0.6) is 11.5 Å². The number of methoxy groups -OCH3 is 2. The minimum Gasteiger partial charge on any atom is -0.493 e. The van der Waals surface area contributed by atoms with Crippen LogP contribution in [0.2, 0.25) is 0 Å². The van der Waals surface area contributed by atoms with Crippen molar-refractivity contribution in [3.05, 3.63) is 47.4 Å². The molecule has 0 atom stereocenters. The molecule has 3 rings (SSSR count). The molecule has 0 saturated carbocycles. The maximum absolute atomic E-state index is 12.7. The van der Waals surface area contributed by atoms with Gasteiger partial charge in [0.05, 0.1) is 20.5 Å². The number of aliphatic imine (C=N–C) groups is 1. The molecular weight excluding hydrogens is 523 g/mol. The Kier molecular flexibility index (Phi) is 10.6. The lowest BCUT2D eigenvalue weighted by Crippen LogP contribution is -2.39. The van der Waals surface area contributed by atoms with Gasteiger partial charge in [-0.25, -0.2) is 0 Å². The fraction of sp³-hybridized carbons (Fsp3) is 0.478. The van der Waals surface area contributed by atoms with Crippen LogP contribution in [-0.4, -0.2) is 57.7 Å². The summed E-state index contributed by atoms with van der Waals surface area (Å²) in [4.78, 5) is 18.8. The minimum absolute atomic E-state index is 0. The number of guanidine groups is 1. The SMILES string of the molecule is CN=C(NCCCC(=O)N1CCc2cc(OC)c(OC)cc2C1)NCCc1ccco1.I. The average Bonchev–Trinajstić information content (AvgIpc) is 3.32. The number of furan rings is 1. The Labute approximate surface area is 206 Å². The largest absolute Gasteiger partial charge is 0.493 e. The van der Waals surface area contributed by atoms with Crippen LogP contribution in [0.25, 0.3) is 0 Å². The van der Waals surface area contributed by atoms with Crippen molar-refractivity contribution in [3.8, 4) is 11.5 Å². The predicted molar refractivity (Wildman–Crippen MR) is 135 cm³/mol. The summed E-state index contributed by atoms with van der Waals surface area (Å²) in [5.41, 5.74) is 2.34. The van der Waals surface area contributed by atoms with Crippen molar-refractivity contribution >= 4 is 35.8 Å². The number of nitrogens with zero attached hydrogens (tertiary/aromatic N) is 2. The quantitative estimate of drug-likeness (QED) is 0.214. The molecule has 1 aromatic heterocycles. The van der Waals surface area contributed by atoms with E-state index in [1.807, 2.05) is 29.2 Å². The van der Waals surface area contributed by atoms with E-state index in [2.05, 4.69) is 15.6 Å². The molecule has 8 nitrogen and oxygen atoms in total. The molecule has 2 heterocycles. The maximum atomic E-state index is 12.7. The highest BCUT2D eigenvalue weighted by Crippen LogP contribution is 2.33. The number of amides is 1. The number of fused-ring (bicyclic) bond motifs is 1. The summed E-state index contributed by atoms with van der Waals surface area (Å²) in [5.74, 6) is 3.27. The van der Waals surface area contributed by atoms with Crippen LogP contribution < -0.4 is 20.1 Å². The third kappa shape index (κ3) is 7.04. The molecular formula is C23H33IN4O4. The van der Waals surface area contributed by atoms with E-state index in [1.165, 1.54) is 5.56 Å². The topological polar surface area (TPSA) is 88.3 Å². The van der Waals surface area contributed by atoms with Crippen LogP contribution in [0, 0.1) is 0 Å². The molecule has 0 saturated heterocycles. The zero-order valence-electron chi connectivity index (χ0n) is 19.0. The second-order valence-electron chi connectivity index (χ2n) is 7.40. The summed E-state index contributed by atoms with van der Waals surface area (Å²) in [6.07, 6.45) is 4.53. The van der Waals surface area contributed by atoms with Gasteiger partial charge in [0.25, 0.3) is 0 Å². The van der Waals surface area contributed by atoms with Crippen LogP contribution in [-0.2, 0) is 24.2 Å². The van der Waals surface area contributed by atoms with Crippen molar-refractivity contribution in [1.82, 2.24) is 15.5 Å². The molecule has 9 heteroatoms. The number of hydrogen-bond acceptors (Lipinski definition) is 5. The number of carbonyl (C=O) groups excluding carboxylic acids is 1. The van der Waals surface area contributed by atoms with E-state index in [4.69, 9.17) is 13.9 Å². The lowest BCUT2D eigenvalue weighted by molar-refractivity contribution is -0.132.